The fourth-order valence-electron chi connectivity index (χ4n) is 2.43. The first kappa shape index (κ1) is 28.8. The summed E-state index contributed by atoms with van der Waals surface area (Å²) in [5.41, 5.74) is 6.83. The molecule has 0 heterocycles. The zero-order chi connectivity index (χ0) is 15.5. The summed E-state index contributed by atoms with van der Waals surface area (Å²) in [5.74, 6) is -0.270. The SMILES string of the molecule is C[Si]C.[Cl-].[Cl-].[NH-]C(=O)C1CCCCC1.[Zr+4].c1ccc2[cH-]ccc2c1. The Labute approximate surface area is 180 Å². The zero-order valence-electron chi connectivity index (χ0n) is 14.3. The smallest absolute Gasteiger partial charge is 1.00 e. The first-order valence-electron chi connectivity index (χ1n) is 7.63. The molecule has 0 spiro atoms. The van der Waals surface area contributed by atoms with Gasteiger partial charge in [-0.3, -0.25) is 0 Å². The largest absolute Gasteiger partial charge is 4.00 e. The van der Waals surface area contributed by atoms with Crippen LogP contribution in [0.4, 0.5) is 0 Å². The predicted molar refractivity (Wildman–Crippen MR) is 92.9 cm³/mol. The summed E-state index contributed by atoms with van der Waals surface area (Å²) in [6.07, 6.45) is 5.47. The van der Waals surface area contributed by atoms with E-state index in [0.717, 1.165) is 35.2 Å². The van der Waals surface area contributed by atoms with Gasteiger partial charge in [0, 0.05) is 15.4 Å². The molecular formula is C18H25Cl2NOSiZr. The first-order chi connectivity index (χ1) is 10.2. The molecular weight excluding hydrogens is 436 g/mol. The maximum atomic E-state index is 10.5. The number of nitrogens with one attached hydrogen (secondary N) is 1. The molecule has 2 nitrogen and oxygen atoms in total. The monoisotopic (exact) mass is 459 g/mol. The number of carbonyl (C=O) groups excluding carboxylic acids is 1. The Kier molecular flexibility index (Phi) is 21.3. The number of fused-ring (bicyclic) bond motifs is 1. The molecule has 2 aromatic rings. The van der Waals surface area contributed by atoms with E-state index in [1.807, 2.05) is 0 Å². The molecule has 1 N–H and O–H groups in total. The van der Waals surface area contributed by atoms with Gasteiger partial charge in [0.1, 0.15) is 0 Å². The van der Waals surface area contributed by atoms with E-state index in [2.05, 4.69) is 55.6 Å². The zero-order valence-corrected chi connectivity index (χ0v) is 19.3. The van der Waals surface area contributed by atoms with Crippen LogP contribution in [0.2, 0.25) is 13.1 Å². The Hall–Kier alpha value is -0.0200. The second kappa shape index (κ2) is 17.8. The van der Waals surface area contributed by atoms with Gasteiger partial charge in [-0.1, -0.05) is 38.4 Å². The van der Waals surface area contributed by atoms with Crippen LogP contribution in [-0.2, 0) is 31.0 Å². The van der Waals surface area contributed by atoms with Gasteiger partial charge in [0.15, 0.2) is 0 Å². The van der Waals surface area contributed by atoms with E-state index in [0.29, 0.717) is 0 Å². The number of rotatable bonds is 1. The average molecular weight is 462 g/mol. The van der Waals surface area contributed by atoms with Crippen molar-refractivity contribution in [2.24, 2.45) is 5.92 Å². The molecule has 1 saturated carbocycles. The summed E-state index contributed by atoms with van der Waals surface area (Å²) >= 11 is 0. The predicted octanol–water partition coefficient (Wildman–Crippen LogP) is -0.503. The van der Waals surface area contributed by atoms with Gasteiger partial charge in [0.25, 0.3) is 0 Å². The molecule has 1 aliphatic rings. The van der Waals surface area contributed by atoms with Gasteiger partial charge >= 0.3 is 26.2 Å². The Morgan fingerprint density at radius 2 is 1.62 bits per heavy atom. The van der Waals surface area contributed by atoms with Crippen LogP contribution in [0.25, 0.3) is 16.5 Å². The Morgan fingerprint density at radius 1 is 1.08 bits per heavy atom. The van der Waals surface area contributed by atoms with E-state index in [-0.39, 0.29) is 62.8 Å². The van der Waals surface area contributed by atoms with E-state index in [1.165, 1.54) is 17.2 Å². The standard InChI is InChI=1S/C9H7.C7H13NO.C2H6Si.2ClH.Zr/c1-2-5-9-7-3-6-8(9)4-1;8-7(9)6-4-2-1-3-5-6;1-3-2;;;/h1-7H;6H,1-5H2,(H2,8,9);1-2H3;2*1H;/q-1;;;;;+4/p-3. The van der Waals surface area contributed by atoms with E-state index in [1.54, 1.807) is 0 Å². The van der Waals surface area contributed by atoms with Crippen molar-refractivity contribution in [2.45, 2.75) is 45.2 Å². The molecule has 1 amide bonds. The van der Waals surface area contributed by atoms with Gasteiger partial charge in [-0.25, -0.2) is 0 Å². The summed E-state index contributed by atoms with van der Waals surface area (Å²) in [6, 6.07) is 14.7. The third-order valence-corrected chi connectivity index (χ3v) is 3.52. The Bertz CT molecular complexity index is 500. The topological polar surface area (TPSA) is 40.9 Å². The number of benzene rings is 1. The third kappa shape index (κ3) is 11.5. The van der Waals surface area contributed by atoms with Gasteiger partial charge in [0.05, 0.1) is 5.91 Å². The maximum Gasteiger partial charge on any atom is 4.00 e. The fourth-order valence-corrected chi connectivity index (χ4v) is 2.43. The third-order valence-electron chi connectivity index (χ3n) is 3.52. The average Bonchev–Trinajstić information content (AvgIpc) is 2.98. The van der Waals surface area contributed by atoms with Gasteiger partial charge < -0.3 is 35.3 Å². The number of amides is 1. The van der Waals surface area contributed by atoms with Crippen molar-refractivity contribution in [3.05, 3.63) is 48.2 Å². The van der Waals surface area contributed by atoms with Crippen LogP contribution in [0, 0.1) is 5.92 Å². The van der Waals surface area contributed by atoms with Gasteiger partial charge in [0.2, 0.25) is 0 Å². The van der Waals surface area contributed by atoms with Crippen molar-refractivity contribution in [1.29, 1.82) is 0 Å². The van der Waals surface area contributed by atoms with Crippen molar-refractivity contribution in [3.63, 3.8) is 0 Å². The van der Waals surface area contributed by atoms with Crippen molar-refractivity contribution in [2.75, 3.05) is 0 Å². The van der Waals surface area contributed by atoms with Crippen LogP contribution in [0.1, 0.15) is 32.1 Å². The summed E-state index contributed by atoms with van der Waals surface area (Å²) in [4.78, 5) is 10.5. The first-order valence-corrected chi connectivity index (χ1v) is 9.63. The Balaban J connectivity index is -0.000000286. The van der Waals surface area contributed by atoms with E-state index >= 15 is 0 Å². The summed E-state index contributed by atoms with van der Waals surface area (Å²) in [6.45, 7) is 4.31. The van der Waals surface area contributed by atoms with Crippen molar-refractivity contribution >= 4 is 26.2 Å². The molecule has 3 rings (SSSR count). The van der Waals surface area contributed by atoms with Crippen LogP contribution in [-0.4, -0.2) is 15.4 Å². The van der Waals surface area contributed by atoms with Crippen molar-refractivity contribution in [1.82, 2.24) is 0 Å². The second-order valence-corrected chi connectivity index (χ2v) is 6.35. The van der Waals surface area contributed by atoms with Gasteiger partial charge in [-0.05, 0) is 12.8 Å². The van der Waals surface area contributed by atoms with Gasteiger partial charge in [-0.15, -0.1) is 29.7 Å². The minimum absolute atomic E-state index is 0. The number of halogens is 2. The molecule has 0 unspecified atom stereocenters. The molecule has 1 fully saturated rings. The second-order valence-electron chi connectivity index (χ2n) is 5.35. The normalized spacial score (nSPS) is 12.8. The van der Waals surface area contributed by atoms with Gasteiger partial charge in [-0.2, -0.15) is 17.5 Å². The van der Waals surface area contributed by atoms with Crippen LogP contribution in [0.15, 0.2) is 42.5 Å². The fraction of sp³-hybridized carbons (Fsp3) is 0.444. The van der Waals surface area contributed by atoms with Crippen LogP contribution >= 0.6 is 0 Å². The van der Waals surface area contributed by atoms with Crippen LogP contribution < -0.4 is 24.8 Å². The molecule has 1 aliphatic carbocycles. The molecule has 0 atom stereocenters. The van der Waals surface area contributed by atoms with E-state index in [9.17, 15) is 4.79 Å². The van der Waals surface area contributed by atoms with E-state index in [4.69, 9.17) is 5.73 Å². The molecule has 0 bridgehead atoms. The van der Waals surface area contributed by atoms with Crippen LogP contribution in [0.5, 0.6) is 0 Å². The van der Waals surface area contributed by atoms with Crippen LogP contribution in [0.3, 0.4) is 0 Å². The Morgan fingerprint density at radius 3 is 2.08 bits per heavy atom. The molecule has 0 saturated heterocycles. The van der Waals surface area contributed by atoms with Crippen molar-refractivity contribution < 1.29 is 55.8 Å². The molecule has 24 heavy (non-hydrogen) atoms. The number of carbonyl (C=O) groups is 1. The number of hydrogen-bond donors (Lipinski definition) is 0. The molecule has 2 radical (unpaired) electrons. The summed E-state index contributed by atoms with van der Waals surface area (Å²) in [7, 11) is 1.08. The maximum absolute atomic E-state index is 10.5. The molecule has 0 aromatic heterocycles. The molecule has 0 aliphatic heterocycles. The summed E-state index contributed by atoms with van der Waals surface area (Å²) < 4.78 is 0. The minimum atomic E-state index is -0.352. The summed E-state index contributed by atoms with van der Waals surface area (Å²) in [5, 5.41) is 2.66. The molecule has 130 valence electrons. The number of hydrogen-bond acceptors (Lipinski definition) is 1. The molecule has 2 aromatic carbocycles. The minimum Gasteiger partial charge on any atom is -1.00 e. The van der Waals surface area contributed by atoms with Crippen molar-refractivity contribution in [3.8, 4) is 0 Å². The quantitative estimate of drug-likeness (QED) is 0.417. The van der Waals surface area contributed by atoms with E-state index < -0.39 is 0 Å². The molecule has 6 heteroatoms.